The third-order valence-corrected chi connectivity index (χ3v) is 8.87. The van der Waals surface area contributed by atoms with Crippen molar-refractivity contribution < 1.29 is 20.1 Å². The maximum atomic E-state index is 4.63. The molecule has 8 aromatic rings. The van der Waals surface area contributed by atoms with Gasteiger partial charge in [-0.2, -0.15) is 0 Å². The standard InChI is InChI=1S/C25H22N.C22H17N2.Ir/c1-18(2)14-19-10-12-20(13-11-19)21-8-5-9-23(15-21)25-16-22-6-3-4-7-24(22)17-26-25;1-24-21(16-23-22(24)20-10-6-3-7-11-20)19-14-12-18(13-15-19)17-8-4-2-5-9-17;/h3-8,10-13,15-18H,14H2,1-2H3;2-10,12-16H,1H3;/q2*-1;. The Morgan fingerprint density at radius 2 is 1.18 bits per heavy atom. The van der Waals surface area contributed by atoms with Gasteiger partial charge in [0.15, 0.2) is 0 Å². The molecule has 253 valence electrons. The second-order valence-corrected chi connectivity index (χ2v) is 12.9. The summed E-state index contributed by atoms with van der Waals surface area (Å²) in [4.78, 5) is 9.20. The van der Waals surface area contributed by atoms with E-state index in [-0.39, 0.29) is 20.1 Å². The van der Waals surface area contributed by atoms with Gasteiger partial charge in [-0.1, -0.05) is 123 Å². The van der Waals surface area contributed by atoms with E-state index in [9.17, 15) is 0 Å². The van der Waals surface area contributed by atoms with Crippen LogP contribution in [0.3, 0.4) is 0 Å². The molecule has 2 heterocycles. The van der Waals surface area contributed by atoms with Crippen LogP contribution in [0.5, 0.6) is 0 Å². The molecule has 3 nitrogen and oxygen atoms in total. The first-order valence-corrected chi connectivity index (χ1v) is 17.1. The molecule has 0 aliphatic heterocycles. The Labute approximate surface area is 315 Å². The minimum atomic E-state index is 0. The van der Waals surface area contributed by atoms with E-state index >= 15 is 0 Å². The SMILES string of the molecule is CC(C)Cc1ccc(-c2cc[c-]c(-c3cc4ccccc4cn3)c2)cc1.Cn1c(-c2ccc(-c3ccccc3)cc2)cnc1-c1[c-]cccc1.[Ir]. The Morgan fingerprint density at radius 3 is 1.90 bits per heavy atom. The van der Waals surface area contributed by atoms with Gasteiger partial charge in [0.2, 0.25) is 0 Å². The van der Waals surface area contributed by atoms with Crippen molar-refractivity contribution in [3.8, 4) is 56.2 Å². The van der Waals surface area contributed by atoms with E-state index in [1.165, 1.54) is 33.2 Å². The van der Waals surface area contributed by atoms with Crippen molar-refractivity contribution in [2.45, 2.75) is 20.3 Å². The summed E-state index contributed by atoms with van der Waals surface area (Å²) in [5, 5.41) is 2.36. The first kappa shape index (κ1) is 35.4. The Bertz CT molecular complexity index is 2310. The van der Waals surface area contributed by atoms with E-state index in [1.54, 1.807) is 0 Å². The van der Waals surface area contributed by atoms with Crippen LogP contribution in [0.2, 0.25) is 0 Å². The van der Waals surface area contributed by atoms with Gasteiger partial charge in [-0.15, -0.1) is 71.3 Å². The maximum Gasteiger partial charge on any atom is 0.0587 e. The summed E-state index contributed by atoms with van der Waals surface area (Å²) < 4.78 is 2.11. The van der Waals surface area contributed by atoms with Gasteiger partial charge in [-0.05, 0) is 56.6 Å². The summed E-state index contributed by atoms with van der Waals surface area (Å²) in [6.45, 7) is 4.51. The first-order chi connectivity index (χ1) is 24.5. The van der Waals surface area contributed by atoms with Crippen molar-refractivity contribution in [3.05, 3.63) is 182 Å². The molecule has 8 rings (SSSR count). The molecule has 1 radical (unpaired) electrons. The van der Waals surface area contributed by atoms with E-state index < -0.39 is 0 Å². The van der Waals surface area contributed by atoms with Crippen LogP contribution in [0.1, 0.15) is 19.4 Å². The van der Waals surface area contributed by atoms with Crippen LogP contribution in [0.4, 0.5) is 0 Å². The molecule has 0 spiro atoms. The molecular weight excluding hydrogens is 799 g/mol. The third kappa shape index (κ3) is 8.49. The second kappa shape index (κ2) is 16.5. The molecule has 2 aromatic heterocycles. The Kier molecular flexibility index (Phi) is 11.5. The molecule has 0 amide bonds. The molecule has 0 N–H and O–H groups in total. The number of nitrogens with zero attached hydrogens (tertiary/aromatic N) is 3. The zero-order chi connectivity index (χ0) is 34.3. The summed E-state index contributed by atoms with van der Waals surface area (Å²) >= 11 is 0. The van der Waals surface area contributed by atoms with Crippen LogP contribution in [0.15, 0.2) is 164 Å². The number of pyridine rings is 1. The number of aromatic nitrogens is 3. The maximum absolute atomic E-state index is 4.63. The van der Waals surface area contributed by atoms with Crippen LogP contribution in [-0.4, -0.2) is 14.5 Å². The Hall–Kier alpha value is -5.41. The van der Waals surface area contributed by atoms with Gasteiger partial charge < -0.3 is 9.55 Å². The average molecular weight is 838 g/mol. The fourth-order valence-corrected chi connectivity index (χ4v) is 6.25. The predicted molar refractivity (Wildman–Crippen MR) is 208 cm³/mol. The van der Waals surface area contributed by atoms with E-state index in [2.05, 4.69) is 150 Å². The van der Waals surface area contributed by atoms with Crippen LogP contribution in [0.25, 0.3) is 66.9 Å². The fourth-order valence-electron chi connectivity index (χ4n) is 6.25. The quantitative estimate of drug-likeness (QED) is 0.150. The second-order valence-electron chi connectivity index (χ2n) is 12.9. The van der Waals surface area contributed by atoms with Crippen molar-refractivity contribution in [1.82, 2.24) is 14.5 Å². The summed E-state index contributed by atoms with van der Waals surface area (Å²) in [5.41, 5.74) is 11.5. The molecule has 0 aliphatic rings. The average Bonchev–Trinajstić information content (AvgIpc) is 3.56. The number of rotatable bonds is 7. The molecule has 0 bridgehead atoms. The summed E-state index contributed by atoms with van der Waals surface area (Å²) in [5.74, 6) is 1.61. The summed E-state index contributed by atoms with van der Waals surface area (Å²) in [6.07, 6.45) is 4.98. The number of hydrogen-bond acceptors (Lipinski definition) is 2. The third-order valence-electron chi connectivity index (χ3n) is 8.87. The molecule has 4 heteroatoms. The molecule has 0 saturated heterocycles. The van der Waals surface area contributed by atoms with Gasteiger partial charge >= 0.3 is 0 Å². The van der Waals surface area contributed by atoms with Crippen molar-refractivity contribution >= 4 is 10.8 Å². The van der Waals surface area contributed by atoms with Crippen LogP contribution < -0.4 is 0 Å². The van der Waals surface area contributed by atoms with Crippen molar-refractivity contribution in [2.75, 3.05) is 0 Å². The van der Waals surface area contributed by atoms with Gasteiger partial charge in [0.25, 0.3) is 0 Å². The zero-order valence-electron chi connectivity index (χ0n) is 29.0. The normalized spacial score (nSPS) is 10.7. The summed E-state index contributed by atoms with van der Waals surface area (Å²) in [7, 11) is 2.05. The zero-order valence-corrected chi connectivity index (χ0v) is 31.4. The van der Waals surface area contributed by atoms with Crippen molar-refractivity contribution in [3.63, 3.8) is 0 Å². The largest absolute Gasteiger partial charge is 0.367 e. The molecule has 51 heavy (non-hydrogen) atoms. The molecule has 0 atom stereocenters. The minimum absolute atomic E-state index is 0. The minimum Gasteiger partial charge on any atom is -0.367 e. The fraction of sp³-hybridized carbons (Fsp3) is 0.106. The van der Waals surface area contributed by atoms with Gasteiger partial charge in [-0.25, -0.2) is 0 Å². The molecule has 6 aromatic carbocycles. The van der Waals surface area contributed by atoms with Gasteiger partial charge in [0, 0.05) is 39.5 Å². The van der Waals surface area contributed by atoms with Crippen molar-refractivity contribution in [2.24, 2.45) is 13.0 Å². The van der Waals surface area contributed by atoms with E-state index in [4.69, 9.17) is 0 Å². The number of benzene rings is 6. The molecular formula is C47H39IrN3-2. The van der Waals surface area contributed by atoms with Gasteiger partial charge in [-0.3, -0.25) is 4.98 Å². The van der Waals surface area contributed by atoms with Gasteiger partial charge in [0.1, 0.15) is 0 Å². The number of fused-ring (bicyclic) bond motifs is 1. The van der Waals surface area contributed by atoms with E-state index in [0.29, 0.717) is 5.92 Å². The summed E-state index contributed by atoms with van der Waals surface area (Å²) in [6, 6.07) is 59.2. The van der Waals surface area contributed by atoms with E-state index in [1.807, 2.05) is 61.9 Å². The number of imidazole rings is 1. The van der Waals surface area contributed by atoms with Crippen LogP contribution >= 0.6 is 0 Å². The monoisotopic (exact) mass is 838 g/mol. The molecule has 0 unspecified atom stereocenters. The topological polar surface area (TPSA) is 30.7 Å². The van der Waals surface area contributed by atoms with Crippen LogP contribution in [0, 0.1) is 18.1 Å². The van der Waals surface area contributed by atoms with Crippen LogP contribution in [-0.2, 0) is 33.6 Å². The predicted octanol–water partition coefficient (Wildman–Crippen LogP) is 11.8. The Balaban J connectivity index is 0.000000173. The first-order valence-electron chi connectivity index (χ1n) is 17.1. The molecule has 0 fully saturated rings. The Morgan fingerprint density at radius 1 is 0.549 bits per heavy atom. The number of hydrogen-bond donors (Lipinski definition) is 0. The van der Waals surface area contributed by atoms with E-state index in [0.717, 1.165) is 45.7 Å². The smallest absolute Gasteiger partial charge is 0.0587 e. The molecule has 0 saturated carbocycles. The van der Waals surface area contributed by atoms with Gasteiger partial charge in [0.05, 0.1) is 11.5 Å². The van der Waals surface area contributed by atoms with Crippen molar-refractivity contribution in [1.29, 1.82) is 0 Å². The molecule has 0 aliphatic carbocycles.